The lowest BCUT2D eigenvalue weighted by Gasteiger charge is -2.21. The second-order valence-electron chi connectivity index (χ2n) is 35.6. The predicted molar refractivity (Wildman–Crippen MR) is 529 cm³/mol. The minimum absolute atomic E-state index is 0.0613. The van der Waals surface area contributed by atoms with Gasteiger partial charge in [-0.05, 0) is 174 Å². The molecular weight excluding hydrogens is 1620 g/mol. The van der Waals surface area contributed by atoms with Crippen molar-refractivity contribution in [2.45, 2.75) is 57.8 Å². The molecule has 0 unspecified atom stereocenters. The van der Waals surface area contributed by atoms with Crippen LogP contribution in [-0.2, 0) is 16.2 Å². The molecular formula is C118H81N11O3. The summed E-state index contributed by atoms with van der Waals surface area (Å²) in [6, 6.07) is 128. The van der Waals surface area contributed by atoms with Crippen LogP contribution in [0.1, 0.15) is 74.9 Å². The Morgan fingerprint density at radius 1 is 0.159 bits per heavy atom. The summed E-state index contributed by atoms with van der Waals surface area (Å²) in [5.41, 5.74) is 32.5. The molecule has 0 radical (unpaired) electrons. The van der Waals surface area contributed by atoms with Gasteiger partial charge in [-0.2, -0.15) is 0 Å². The van der Waals surface area contributed by atoms with Crippen molar-refractivity contribution < 1.29 is 13.3 Å². The van der Waals surface area contributed by atoms with Gasteiger partial charge in [-0.3, -0.25) is 0 Å². The van der Waals surface area contributed by atoms with E-state index in [-0.39, 0.29) is 16.2 Å². The topological polar surface area (TPSA) is 181 Å². The van der Waals surface area contributed by atoms with Crippen molar-refractivity contribution in [3.63, 3.8) is 0 Å². The summed E-state index contributed by atoms with van der Waals surface area (Å²) in [6.45, 7) is 13.8. The normalized spacial score (nSPS) is 13.3. The fourth-order valence-electron chi connectivity index (χ4n) is 19.7. The van der Waals surface area contributed by atoms with Crippen LogP contribution < -0.4 is 0 Å². The molecule has 3 aliphatic carbocycles. The van der Waals surface area contributed by atoms with Gasteiger partial charge >= 0.3 is 0 Å². The average molecular weight is 1700 g/mol. The standard InChI is InChI=1S/2C42H29N3O.C34H23N5O/c1-42(2)35-19-10-9-18-31(35)33-24-34-32-21-20-30(23-37(32)46-38(34)25-36(33)42)41-44-39(27-14-7-4-8-15-27)43-40(45-41)29-17-11-16-28(22-29)26-12-5-3-6-13-26;1-42(2)35-16-10-9-15-31(35)33-24-34-32-22-21-30(23-37(32)46-38(34)25-36(33)42)26-17-19-29(20-18-26)41-44-39(27-11-5-3-6-12-27)43-40(45-41)28-13-7-4-8-14-28;1-34(2)26-12-7-6-11-22(26)24-18-25-23-14-13-21(17-28(23)40-29(25)19-27(24)34)31-37-30(20-9-4-3-5-10-20)38-33(39-31)32-35-15-8-16-36-32/h2*3-25H,1-2H3;3-19H,1-2H3. The van der Waals surface area contributed by atoms with E-state index in [1.807, 2.05) is 140 Å². The van der Waals surface area contributed by atoms with E-state index in [2.05, 4.69) is 276 Å². The molecule has 26 rings (SSSR count). The lowest BCUT2D eigenvalue weighted by atomic mass is 9.82. The van der Waals surface area contributed by atoms with Crippen molar-refractivity contribution in [3.8, 4) is 158 Å². The summed E-state index contributed by atoms with van der Waals surface area (Å²) < 4.78 is 19.5. The Bertz CT molecular complexity index is 8410. The van der Waals surface area contributed by atoms with Crippen LogP contribution in [0, 0.1) is 0 Å². The third-order valence-corrected chi connectivity index (χ3v) is 26.5. The zero-order chi connectivity index (χ0) is 88.5. The van der Waals surface area contributed by atoms with Crippen LogP contribution in [-0.4, -0.2) is 54.8 Å². The Morgan fingerprint density at radius 2 is 0.402 bits per heavy atom. The van der Waals surface area contributed by atoms with Gasteiger partial charge in [0.1, 0.15) is 33.5 Å². The monoisotopic (exact) mass is 1700 g/mol. The lowest BCUT2D eigenvalue weighted by Crippen LogP contribution is -2.14. The van der Waals surface area contributed by atoms with Crippen molar-refractivity contribution in [3.05, 3.63) is 416 Å². The van der Waals surface area contributed by atoms with Crippen LogP contribution in [0.25, 0.3) is 224 Å². The number of hydrogen-bond donors (Lipinski definition) is 0. The van der Waals surface area contributed by atoms with Crippen molar-refractivity contribution in [1.29, 1.82) is 0 Å². The fourth-order valence-corrected chi connectivity index (χ4v) is 19.7. The van der Waals surface area contributed by atoms with Gasteiger partial charge in [0.05, 0.1) is 0 Å². The number of fused-ring (bicyclic) bond motifs is 18. The molecule has 23 aromatic rings. The van der Waals surface area contributed by atoms with E-state index in [0.29, 0.717) is 58.2 Å². The first-order valence-electron chi connectivity index (χ1n) is 44.5. The van der Waals surface area contributed by atoms with Gasteiger partial charge in [0.25, 0.3) is 0 Å². The van der Waals surface area contributed by atoms with Crippen LogP contribution in [0.5, 0.6) is 0 Å². The molecule has 14 nitrogen and oxygen atoms in total. The average Bonchev–Trinajstić information content (AvgIpc) is 1.57. The third-order valence-electron chi connectivity index (χ3n) is 26.5. The Morgan fingerprint density at radius 3 is 0.765 bits per heavy atom. The summed E-state index contributed by atoms with van der Waals surface area (Å²) in [5, 5.41) is 6.65. The highest BCUT2D eigenvalue weighted by Crippen LogP contribution is 2.55. The number of rotatable bonds is 11. The Balaban J connectivity index is 0.000000110. The summed E-state index contributed by atoms with van der Waals surface area (Å²) >= 11 is 0. The second-order valence-corrected chi connectivity index (χ2v) is 35.6. The first-order valence-corrected chi connectivity index (χ1v) is 44.5. The van der Waals surface area contributed by atoms with Gasteiger partial charge in [0.2, 0.25) is 5.82 Å². The Hall–Kier alpha value is -17.0. The van der Waals surface area contributed by atoms with E-state index >= 15 is 0 Å². The molecule has 3 aliphatic rings. The molecule has 0 fully saturated rings. The minimum Gasteiger partial charge on any atom is -0.456 e. The molecule has 14 heteroatoms. The van der Waals surface area contributed by atoms with Crippen LogP contribution in [0.3, 0.4) is 0 Å². The molecule has 132 heavy (non-hydrogen) atoms. The molecule has 0 bridgehead atoms. The molecule has 0 saturated heterocycles. The highest BCUT2D eigenvalue weighted by atomic mass is 16.3. The van der Waals surface area contributed by atoms with Crippen molar-refractivity contribution in [2.75, 3.05) is 0 Å². The Kier molecular flexibility index (Phi) is 18.6. The highest BCUT2D eigenvalue weighted by molar-refractivity contribution is 6.11. The zero-order valence-corrected chi connectivity index (χ0v) is 73.0. The molecule has 0 spiro atoms. The van der Waals surface area contributed by atoms with E-state index in [4.69, 9.17) is 58.1 Å². The van der Waals surface area contributed by atoms with Gasteiger partial charge in [-0.15, -0.1) is 0 Å². The predicted octanol–water partition coefficient (Wildman–Crippen LogP) is 29.4. The number of furan rings is 3. The highest BCUT2D eigenvalue weighted by Gasteiger charge is 2.40. The third kappa shape index (κ3) is 13.6. The second kappa shape index (κ2) is 31.2. The molecule has 0 saturated carbocycles. The maximum atomic E-state index is 6.56. The summed E-state index contributed by atoms with van der Waals surface area (Å²) in [5.74, 6) is 5.79. The fraction of sp³-hybridized carbons (Fsp3) is 0.0763. The summed E-state index contributed by atoms with van der Waals surface area (Å²) in [4.78, 5) is 52.6. The quantitative estimate of drug-likeness (QED) is 0.119. The van der Waals surface area contributed by atoms with Gasteiger partial charge in [-0.1, -0.05) is 327 Å². The lowest BCUT2D eigenvalue weighted by molar-refractivity contribution is 0.647. The van der Waals surface area contributed by atoms with E-state index in [1.54, 1.807) is 18.5 Å². The van der Waals surface area contributed by atoms with E-state index in [1.165, 1.54) is 66.8 Å². The molecule has 7 aromatic heterocycles. The van der Waals surface area contributed by atoms with Crippen molar-refractivity contribution >= 4 is 65.8 Å². The van der Waals surface area contributed by atoms with Gasteiger partial charge < -0.3 is 13.3 Å². The van der Waals surface area contributed by atoms with Gasteiger partial charge in [-0.25, -0.2) is 54.8 Å². The first kappa shape index (κ1) is 78.5. The number of hydrogen-bond acceptors (Lipinski definition) is 14. The van der Waals surface area contributed by atoms with Gasteiger partial charge in [0.15, 0.2) is 52.4 Å². The smallest absolute Gasteiger partial charge is 0.201 e. The summed E-state index contributed by atoms with van der Waals surface area (Å²) in [7, 11) is 0. The maximum Gasteiger partial charge on any atom is 0.201 e. The van der Waals surface area contributed by atoms with Crippen molar-refractivity contribution in [2.24, 2.45) is 0 Å². The molecule has 626 valence electrons. The number of nitrogens with zero attached hydrogens (tertiary/aromatic N) is 11. The number of aromatic nitrogens is 11. The molecule has 0 amide bonds. The van der Waals surface area contributed by atoms with Crippen LogP contribution in [0.15, 0.2) is 396 Å². The molecule has 16 aromatic carbocycles. The van der Waals surface area contributed by atoms with Crippen LogP contribution in [0.2, 0.25) is 0 Å². The SMILES string of the molecule is CC1(C)c2ccccc2-c2cc3c(cc21)oc1cc(-c2ccc(-c4nc(-c5ccccc5)nc(-c5ccccc5)n4)cc2)ccc13.CC1(C)c2ccccc2-c2cc3c(cc21)oc1cc(-c2nc(-c4ccccc4)nc(-c4cccc(-c5ccccc5)c4)n2)ccc13.CC1(C)c2ccccc2-c2cc3c(cc21)oc1cc(-c2nc(-c4ccccc4)nc(-c4ncccn4)n2)ccc13. The minimum atomic E-state index is -0.0861. The molecule has 7 heterocycles. The van der Waals surface area contributed by atoms with E-state index in [9.17, 15) is 0 Å². The first-order chi connectivity index (χ1) is 64.6. The number of benzene rings is 16. The Labute approximate surface area is 761 Å². The summed E-state index contributed by atoms with van der Waals surface area (Å²) in [6.07, 6.45) is 3.37. The van der Waals surface area contributed by atoms with Gasteiger partial charge in [0, 0.05) is 105 Å². The largest absolute Gasteiger partial charge is 0.456 e. The zero-order valence-electron chi connectivity index (χ0n) is 73.0. The van der Waals surface area contributed by atoms with E-state index in [0.717, 1.165) is 133 Å². The molecule has 0 aliphatic heterocycles. The van der Waals surface area contributed by atoms with E-state index < -0.39 is 0 Å². The van der Waals surface area contributed by atoms with Crippen LogP contribution in [0.4, 0.5) is 0 Å². The maximum absolute atomic E-state index is 6.56. The van der Waals surface area contributed by atoms with Crippen molar-refractivity contribution in [1.82, 2.24) is 54.8 Å². The molecule has 0 N–H and O–H groups in total. The molecule has 0 atom stereocenters. The van der Waals surface area contributed by atoms with Crippen LogP contribution >= 0.6 is 0 Å².